The molecular weight excluding hydrogens is 362 g/mol. The third kappa shape index (κ3) is 3.84. The van der Waals surface area contributed by atoms with Crippen LogP contribution >= 0.6 is 35.3 Å². The highest BCUT2D eigenvalue weighted by Crippen LogP contribution is 2.47. The highest BCUT2D eigenvalue weighted by Gasteiger charge is 2.21. The summed E-state index contributed by atoms with van der Waals surface area (Å²) in [4.78, 5) is 16.7. The van der Waals surface area contributed by atoms with Crippen LogP contribution in [-0.2, 0) is 0 Å². The second-order valence-electron chi connectivity index (χ2n) is 4.93. The summed E-state index contributed by atoms with van der Waals surface area (Å²) < 4.78 is 11.4. The minimum Gasteiger partial charge on any atom is -0.493 e. The maximum atomic E-state index is 12.5. The molecule has 3 rings (SSSR count). The van der Waals surface area contributed by atoms with Crippen molar-refractivity contribution in [2.24, 2.45) is 0 Å². The zero-order valence-corrected chi connectivity index (χ0v) is 15.8. The summed E-state index contributed by atoms with van der Waals surface area (Å²) in [6.07, 6.45) is 3.54. The molecule has 0 amide bonds. The van der Waals surface area contributed by atoms with E-state index in [0.717, 1.165) is 11.5 Å². The van der Waals surface area contributed by atoms with Gasteiger partial charge in [0.2, 0.25) is 0 Å². The predicted octanol–water partition coefficient (Wildman–Crippen LogP) is 4.51. The Morgan fingerprint density at radius 3 is 2.75 bits per heavy atom. The zero-order valence-electron chi connectivity index (χ0n) is 13.4. The van der Waals surface area contributed by atoms with E-state index in [0.29, 0.717) is 26.7 Å². The third-order valence-corrected chi connectivity index (χ3v) is 7.29. The number of carbonyl (C=O) groups is 1. The van der Waals surface area contributed by atoms with Gasteiger partial charge in [-0.3, -0.25) is 0 Å². The van der Waals surface area contributed by atoms with Gasteiger partial charge in [-0.05, 0) is 36.1 Å². The second kappa shape index (κ2) is 8.18. The molecule has 4 nitrogen and oxygen atoms in total. The van der Waals surface area contributed by atoms with Gasteiger partial charge in [-0.2, -0.15) is 0 Å². The van der Waals surface area contributed by atoms with Crippen LogP contribution in [0.3, 0.4) is 0 Å². The van der Waals surface area contributed by atoms with Crippen LogP contribution in [0.15, 0.2) is 41.6 Å². The first-order valence-corrected chi connectivity index (χ1v) is 10.7. The van der Waals surface area contributed by atoms with Gasteiger partial charge >= 0.3 is 5.97 Å². The average molecular weight is 380 g/mol. The van der Waals surface area contributed by atoms with Crippen LogP contribution in [0.2, 0.25) is 0 Å². The molecule has 1 aliphatic rings. The Morgan fingerprint density at radius 1 is 1.25 bits per heavy atom. The molecule has 0 unspecified atom stereocenters. The number of benzene rings is 1. The molecule has 2 aromatic rings. The van der Waals surface area contributed by atoms with Crippen LogP contribution in [0.4, 0.5) is 0 Å². The summed E-state index contributed by atoms with van der Waals surface area (Å²) in [6.45, 7) is 0. The molecule has 0 bridgehead atoms. The predicted molar refractivity (Wildman–Crippen MR) is 102 cm³/mol. The molecule has 1 aromatic carbocycles. The van der Waals surface area contributed by atoms with Crippen molar-refractivity contribution in [1.29, 1.82) is 0 Å². The first kappa shape index (κ1) is 17.5. The first-order chi connectivity index (χ1) is 11.7. The van der Waals surface area contributed by atoms with Gasteiger partial charge in [-0.25, -0.2) is 9.78 Å². The second-order valence-corrected chi connectivity index (χ2v) is 8.45. The number of ether oxygens (including phenoxy) is 2. The van der Waals surface area contributed by atoms with Crippen LogP contribution in [0.1, 0.15) is 20.5 Å². The van der Waals surface area contributed by atoms with Crippen molar-refractivity contribution in [3.8, 4) is 11.5 Å². The van der Waals surface area contributed by atoms with Crippen molar-refractivity contribution < 1.29 is 14.3 Å². The normalized spacial score (nSPS) is 14.6. The monoisotopic (exact) mass is 379 g/mol. The maximum absolute atomic E-state index is 12.5. The number of thioether (sulfide) groups is 3. The highest BCUT2D eigenvalue weighted by molar-refractivity contribution is 8.19. The van der Waals surface area contributed by atoms with Crippen molar-refractivity contribution >= 4 is 41.3 Å². The number of nitrogens with zero attached hydrogens (tertiary/aromatic N) is 1. The molecule has 0 aliphatic carbocycles. The lowest BCUT2D eigenvalue weighted by Crippen LogP contribution is -2.11. The smallest absolute Gasteiger partial charge is 0.346 e. The van der Waals surface area contributed by atoms with E-state index < -0.39 is 5.97 Å². The summed E-state index contributed by atoms with van der Waals surface area (Å²) >= 11 is 5.26. The van der Waals surface area contributed by atoms with E-state index in [1.54, 1.807) is 31.5 Å². The Hall–Kier alpha value is -1.31. The van der Waals surface area contributed by atoms with Gasteiger partial charge in [0, 0.05) is 17.7 Å². The van der Waals surface area contributed by atoms with Crippen molar-refractivity contribution in [2.45, 2.75) is 9.61 Å². The van der Waals surface area contributed by atoms with Crippen molar-refractivity contribution in [2.75, 3.05) is 24.9 Å². The van der Waals surface area contributed by atoms with Gasteiger partial charge < -0.3 is 9.47 Å². The quantitative estimate of drug-likeness (QED) is 0.430. The molecule has 1 aromatic heterocycles. The van der Waals surface area contributed by atoms with Crippen LogP contribution in [0, 0.1) is 0 Å². The molecule has 1 aliphatic heterocycles. The Morgan fingerprint density at radius 2 is 2.04 bits per heavy atom. The molecular formula is C17H17NO3S3. The Balaban J connectivity index is 1.82. The fourth-order valence-corrected chi connectivity index (χ4v) is 5.71. The molecule has 2 heterocycles. The zero-order chi connectivity index (χ0) is 16.9. The summed E-state index contributed by atoms with van der Waals surface area (Å²) in [5.41, 5.74) is 1.64. The highest BCUT2D eigenvalue weighted by atomic mass is 32.2. The van der Waals surface area contributed by atoms with Gasteiger partial charge in [0.05, 0.1) is 17.3 Å². The number of esters is 1. The number of hydrogen-bond donors (Lipinski definition) is 0. The topological polar surface area (TPSA) is 48.4 Å². The lowest BCUT2D eigenvalue weighted by molar-refractivity contribution is 0.0725. The number of hydrogen-bond acceptors (Lipinski definition) is 7. The molecule has 0 N–H and O–H groups in total. The summed E-state index contributed by atoms with van der Waals surface area (Å²) in [5, 5.41) is 0.650. The minimum absolute atomic E-state index is 0.421. The van der Waals surface area contributed by atoms with Gasteiger partial charge in [0.1, 0.15) is 5.03 Å². The molecule has 7 heteroatoms. The van der Waals surface area contributed by atoms with E-state index in [-0.39, 0.29) is 0 Å². The van der Waals surface area contributed by atoms with E-state index in [4.69, 9.17) is 9.47 Å². The maximum Gasteiger partial charge on any atom is 0.346 e. The Kier molecular flexibility index (Phi) is 5.97. The van der Waals surface area contributed by atoms with E-state index in [2.05, 4.69) is 4.98 Å². The fourth-order valence-electron chi connectivity index (χ4n) is 2.33. The van der Waals surface area contributed by atoms with Crippen molar-refractivity contribution in [3.05, 3.63) is 47.7 Å². The standard InChI is InChI=1S/C17H17NO3S3/c1-20-14-10-11(17-23-8-9-24-17)5-6-13(14)21-16(19)12-4-3-7-18-15(12)22-2/h3-7,10,17H,8-9H2,1-2H3. The van der Waals surface area contributed by atoms with Gasteiger partial charge in [-0.15, -0.1) is 35.3 Å². The molecule has 1 saturated heterocycles. The molecule has 0 radical (unpaired) electrons. The van der Waals surface area contributed by atoms with E-state index in [9.17, 15) is 4.79 Å². The first-order valence-electron chi connectivity index (χ1n) is 7.35. The molecule has 24 heavy (non-hydrogen) atoms. The van der Waals surface area contributed by atoms with E-state index in [1.165, 1.54) is 17.3 Å². The number of rotatable bonds is 5. The number of pyridine rings is 1. The SMILES string of the molecule is COc1cc(C2SCCS2)ccc1OC(=O)c1cccnc1SC. The van der Waals surface area contributed by atoms with Crippen LogP contribution in [0.5, 0.6) is 11.5 Å². The van der Waals surface area contributed by atoms with Gasteiger partial charge in [0.15, 0.2) is 11.5 Å². The Labute approximate surface area is 154 Å². The molecule has 0 atom stereocenters. The van der Waals surface area contributed by atoms with E-state index >= 15 is 0 Å². The number of methoxy groups -OCH3 is 1. The van der Waals surface area contributed by atoms with Crippen LogP contribution < -0.4 is 9.47 Å². The number of carbonyl (C=O) groups excluding carboxylic acids is 1. The van der Waals surface area contributed by atoms with E-state index in [1.807, 2.05) is 41.9 Å². The summed E-state index contributed by atoms with van der Waals surface area (Å²) in [5.74, 6) is 2.89. The third-order valence-electron chi connectivity index (χ3n) is 3.47. The van der Waals surface area contributed by atoms with Gasteiger partial charge in [0.25, 0.3) is 0 Å². The van der Waals surface area contributed by atoms with Crippen LogP contribution in [0.25, 0.3) is 0 Å². The molecule has 126 valence electrons. The fraction of sp³-hybridized carbons (Fsp3) is 0.294. The summed E-state index contributed by atoms with van der Waals surface area (Å²) in [7, 11) is 1.59. The lowest BCUT2D eigenvalue weighted by Gasteiger charge is -2.14. The largest absolute Gasteiger partial charge is 0.493 e. The van der Waals surface area contributed by atoms with Crippen molar-refractivity contribution in [1.82, 2.24) is 4.98 Å². The van der Waals surface area contributed by atoms with Gasteiger partial charge in [-0.1, -0.05) is 6.07 Å². The Bertz CT molecular complexity index is 733. The summed E-state index contributed by atoms with van der Waals surface area (Å²) in [6, 6.07) is 9.21. The van der Waals surface area contributed by atoms with Crippen molar-refractivity contribution in [3.63, 3.8) is 0 Å². The number of aromatic nitrogens is 1. The lowest BCUT2D eigenvalue weighted by atomic mass is 10.2. The molecule has 1 fully saturated rings. The average Bonchev–Trinajstić information content (AvgIpc) is 3.16. The van der Waals surface area contributed by atoms with Crippen LogP contribution in [-0.4, -0.2) is 35.8 Å². The minimum atomic E-state index is -0.428. The molecule has 0 saturated carbocycles. The molecule has 0 spiro atoms.